The summed E-state index contributed by atoms with van der Waals surface area (Å²) in [5, 5.41) is 9.74. The van der Waals surface area contributed by atoms with Crippen LogP contribution in [0.15, 0.2) is 137 Å². The van der Waals surface area contributed by atoms with Crippen LogP contribution in [0, 0.1) is 5.82 Å². The number of carbonyl (C=O) groups excluding carboxylic acids is 3. The quantitative estimate of drug-likeness (QED) is 0.112. The van der Waals surface area contributed by atoms with Gasteiger partial charge in [-0.2, -0.15) is 0 Å². The van der Waals surface area contributed by atoms with Crippen LogP contribution in [-0.2, 0) is 9.59 Å². The number of nitrogens with one attached hydrogen (secondary N) is 3. The van der Waals surface area contributed by atoms with Crippen molar-refractivity contribution in [2.75, 3.05) is 10.6 Å². The van der Waals surface area contributed by atoms with Gasteiger partial charge in [0.15, 0.2) is 0 Å². The standard InChI is InChI=1S/C34H26FN3O3S2/c35-25-13-15-26(16-14-25)37-34(41)31(23-8-3-1-4-9-23)43-28-19-17-27(18-20-28)36-33(40)30(22-29-12-7-21-42-29)38-32(39)24-10-5-2-6-11-24/h1-22,31H,(H,36,40)(H,37,41)(H,38,39)/b30-22-. The van der Waals surface area contributed by atoms with E-state index in [4.69, 9.17) is 0 Å². The molecule has 0 spiro atoms. The second-order valence-corrected chi connectivity index (χ2v) is 11.4. The van der Waals surface area contributed by atoms with Crippen molar-refractivity contribution in [3.05, 3.63) is 154 Å². The number of hydrogen-bond donors (Lipinski definition) is 3. The van der Waals surface area contributed by atoms with Crippen LogP contribution < -0.4 is 16.0 Å². The molecule has 0 bridgehead atoms. The molecule has 214 valence electrons. The second-order valence-electron chi connectivity index (χ2n) is 9.28. The summed E-state index contributed by atoms with van der Waals surface area (Å²) in [5.74, 6) is -1.50. The maximum atomic E-state index is 13.3. The Morgan fingerprint density at radius 1 is 0.721 bits per heavy atom. The van der Waals surface area contributed by atoms with E-state index in [1.165, 1.54) is 47.4 Å². The molecule has 1 aromatic heterocycles. The number of thioether (sulfide) groups is 1. The first kappa shape index (κ1) is 29.5. The minimum absolute atomic E-state index is 0.108. The number of rotatable bonds is 10. The van der Waals surface area contributed by atoms with Crippen LogP contribution in [0.4, 0.5) is 15.8 Å². The third-order valence-electron chi connectivity index (χ3n) is 6.18. The van der Waals surface area contributed by atoms with Gasteiger partial charge >= 0.3 is 0 Å². The van der Waals surface area contributed by atoms with Crippen molar-refractivity contribution in [2.24, 2.45) is 0 Å². The fourth-order valence-electron chi connectivity index (χ4n) is 4.05. The van der Waals surface area contributed by atoms with Crippen LogP contribution in [0.25, 0.3) is 6.08 Å². The van der Waals surface area contributed by atoms with Crippen LogP contribution in [0.3, 0.4) is 0 Å². The van der Waals surface area contributed by atoms with Crippen molar-refractivity contribution >= 4 is 58.3 Å². The van der Waals surface area contributed by atoms with Crippen molar-refractivity contribution in [2.45, 2.75) is 10.1 Å². The Morgan fingerprint density at radius 3 is 2.00 bits per heavy atom. The zero-order valence-electron chi connectivity index (χ0n) is 22.7. The van der Waals surface area contributed by atoms with Gasteiger partial charge < -0.3 is 16.0 Å². The van der Waals surface area contributed by atoms with Gasteiger partial charge in [-0.3, -0.25) is 14.4 Å². The Balaban J connectivity index is 1.30. The van der Waals surface area contributed by atoms with Crippen LogP contribution >= 0.6 is 23.1 Å². The van der Waals surface area contributed by atoms with E-state index in [0.717, 1.165) is 15.3 Å². The van der Waals surface area contributed by atoms with E-state index in [1.54, 1.807) is 42.5 Å². The minimum atomic E-state index is -0.583. The summed E-state index contributed by atoms with van der Waals surface area (Å²) >= 11 is 2.80. The molecule has 9 heteroatoms. The lowest BCUT2D eigenvalue weighted by Crippen LogP contribution is -2.30. The fourth-order valence-corrected chi connectivity index (χ4v) is 5.73. The maximum absolute atomic E-state index is 13.3. The highest BCUT2D eigenvalue weighted by atomic mass is 32.2. The van der Waals surface area contributed by atoms with Crippen molar-refractivity contribution in [1.82, 2.24) is 5.32 Å². The van der Waals surface area contributed by atoms with Gasteiger partial charge in [0.1, 0.15) is 16.8 Å². The minimum Gasteiger partial charge on any atom is -0.325 e. The molecule has 0 saturated heterocycles. The Kier molecular flexibility index (Phi) is 9.78. The maximum Gasteiger partial charge on any atom is 0.272 e. The predicted molar refractivity (Wildman–Crippen MR) is 171 cm³/mol. The number of anilines is 2. The van der Waals surface area contributed by atoms with Crippen molar-refractivity contribution in [3.8, 4) is 0 Å². The third-order valence-corrected chi connectivity index (χ3v) is 8.26. The lowest BCUT2D eigenvalue weighted by Gasteiger charge is -2.17. The van der Waals surface area contributed by atoms with E-state index >= 15 is 0 Å². The van der Waals surface area contributed by atoms with E-state index in [2.05, 4.69) is 16.0 Å². The molecule has 3 N–H and O–H groups in total. The van der Waals surface area contributed by atoms with E-state index in [1.807, 2.05) is 66.0 Å². The molecular formula is C34H26FN3O3S2. The van der Waals surface area contributed by atoms with Crippen LogP contribution in [0.5, 0.6) is 0 Å². The number of halogens is 1. The van der Waals surface area contributed by atoms with Gasteiger partial charge in [0.2, 0.25) is 5.91 Å². The fraction of sp³-hybridized carbons (Fsp3) is 0.0294. The molecule has 6 nitrogen and oxygen atoms in total. The summed E-state index contributed by atoms with van der Waals surface area (Å²) in [6, 6.07) is 34.5. The SMILES string of the molecule is O=C(Nc1ccc(SC(C(=O)Nc2ccc(F)cc2)c2ccccc2)cc1)/C(=C/c1cccs1)NC(=O)c1ccccc1. The topological polar surface area (TPSA) is 87.3 Å². The molecule has 0 aliphatic rings. The summed E-state index contributed by atoms with van der Waals surface area (Å²) in [4.78, 5) is 41.0. The summed E-state index contributed by atoms with van der Waals surface area (Å²) < 4.78 is 13.3. The summed E-state index contributed by atoms with van der Waals surface area (Å²) in [7, 11) is 0. The van der Waals surface area contributed by atoms with E-state index in [-0.39, 0.29) is 17.4 Å². The monoisotopic (exact) mass is 607 g/mol. The first-order valence-electron chi connectivity index (χ1n) is 13.3. The van der Waals surface area contributed by atoms with Gasteiger partial charge in [0.05, 0.1) is 0 Å². The summed E-state index contributed by atoms with van der Waals surface area (Å²) in [5.41, 5.74) is 2.37. The number of carbonyl (C=O) groups is 3. The van der Waals surface area contributed by atoms with Gasteiger partial charge in [0, 0.05) is 26.7 Å². The number of thiophene rings is 1. The molecule has 0 radical (unpaired) electrons. The molecule has 3 amide bonds. The Morgan fingerprint density at radius 2 is 1.35 bits per heavy atom. The molecule has 1 heterocycles. The normalized spacial score (nSPS) is 11.8. The zero-order chi connectivity index (χ0) is 30.0. The zero-order valence-corrected chi connectivity index (χ0v) is 24.3. The van der Waals surface area contributed by atoms with Crippen molar-refractivity contribution in [3.63, 3.8) is 0 Å². The van der Waals surface area contributed by atoms with E-state index in [9.17, 15) is 18.8 Å². The average molecular weight is 608 g/mol. The smallest absolute Gasteiger partial charge is 0.272 e. The first-order valence-corrected chi connectivity index (χ1v) is 15.0. The molecule has 1 atom stereocenters. The molecular weight excluding hydrogens is 582 g/mol. The highest BCUT2D eigenvalue weighted by molar-refractivity contribution is 8.00. The molecule has 1 unspecified atom stereocenters. The highest BCUT2D eigenvalue weighted by Crippen LogP contribution is 2.36. The Hall–Kier alpha value is -4.99. The lowest BCUT2D eigenvalue weighted by molar-refractivity contribution is -0.116. The molecule has 4 aromatic carbocycles. The summed E-state index contributed by atoms with van der Waals surface area (Å²) in [6.45, 7) is 0. The predicted octanol–water partition coefficient (Wildman–Crippen LogP) is 7.77. The molecule has 0 aliphatic heterocycles. The summed E-state index contributed by atoms with van der Waals surface area (Å²) in [6.07, 6.45) is 1.63. The molecule has 0 fully saturated rings. The van der Waals surface area contributed by atoms with Crippen molar-refractivity contribution < 1.29 is 18.8 Å². The van der Waals surface area contributed by atoms with Gasteiger partial charge in [0.25, 0.3) is 11.8 Å². The van der Waals surface area contributed by atoms with Gasteiger partial charge in [-0.15, -0.1) is 23.1 Å². The Bertz CT molecular complexity index is 1710. The van der Waals surface area contributed by atoms with Gasteiger partial charge in [-0.05, 0) is 83.7 Å². The van der Waals surface area contributed by atoms with Crippen LogP contribution in [0.2, 0.25) is 0 Å². The molecule has 43 heavy (non-hydrogen) atoms. The lowest BCUT2D eigenvalue weighted by atomic mass is 10.1. The number of hydrogen-bond acceptors (Lipinski definition) is 5. The highest BCUT2D eigenvalue weighted by Gasteiger charge is 2.22. The molecule has 0 saturated carbocycles. The third kappa shape index (κ3) is 8.28. The van der Waals surface area contributed by atoms with E-state index in [0.29, 0.717) is 16.9 Å². The van der Waals surface area contributed by atoms with Gasteiger partial charge in [-0.1, -0.05) is 54.6 Å². The van der Waals surface area contributed by atoms with Gasteiger partial charge in [-0.25, -0.2) is 4.39 Å². The second kappa shape index (κ2) is 14.3. The van der Waals surface area contributed by atoms with Crippen LogP contribution in [-0.4, -0.2) is 17.7 Å². The molecule has 5 rings (SSSR count). The first-order chi connectivity index (χ1) is 20.9. The number of benzene rings is 4. The van der Waals surface area contributed by atoms with Crippen LogP contribution in [0.1, 0.15) is 26.0 Å². The molecule has 0 aliphatic carbocycles. The Labute approximate surface area is 256 Å². The average Bonchev–Trinajstić information content (AvgIpc) is 3.55. The largest absolute Gasteiger partial charge is 0.325 e. The molecule has 5 aromatic rings. The van der Waals surface area contributed by atoms with E-state index < -0.39 is 17.1 Å². The van der Waals surface area contributed by atoms with Crippen molar-refractivity contribution in [1.29, 1.82) is 0 Å². The number of amides is 3.